The van der Waals surface area contributed by atoms with Crippen LogP contribution >= 0.6 is 0 Å². The van der Waals surface area contributed by atoms with Crippen LogP contribution in [0.3, 0.4) is 0 Å². The largest absolute Gasteiger partial charge is 0.480 e. The molecule has 0 aromatic heterocycles. The Morgan fingerprint density at radius 2 is 1.71 bits per heavy atom. The summed E-state index contributed by atoms with van der Waals surface area (Å²) in [6, 6.07) is 7.51. The summed E-state index contributed by atoms with van der Waals surface area (Å²) in [5.41, 5.74) is 0. The Morgan fingerprint density at radius 3 is 2.14 bits per heavy atom. The van der Waals surface area contributed by atoms with Crippen LogP contribution in [0.4, 0.5) is 0 Å². The van der Waals surface area contributed by atoms with Gasteiger partial charge >= 0.3 is 5.97 Å². The Bertz CT molecular complexity index is 399. The molecule has 14 heavy (non-hydrogen) atoms. The first-order chi connectivity index (χ1) is 6.02. The fourth-order valence-corrected chi connectivity index (χ4v) is 1.94. The number of hydrogen-bond donors (Lipinski definition) is 1. The molecule has 0 radical (unpaired) electrons. The van der Waals surface area contributed by atoms with E-state index in [9.17, 15) is 13.2 Å². The number of hydrogen-bond acceptors (Lipinski definition) is 3. The molecule has 0 atom stereocenters. The molecule has 1 aromatic carbocycles. The van der Waals surface area contributed by atoms with Crippen molar-refractivity contribution < 1.29 is 35.4 Å². The SMILES string of the molecule is O=C(O)CS(=O)(=O)c1ccccc1.[Fe]. The Kier molecular flexibility index (Phi) is 4.83. The summed E-state index contributed by atoms with van der Waals surface area (Å²) < 4.78 is 22.5. The van der Waals surface area contributed by atoms with E-state index in [2.05, 4.69) is 0 Å². The van der Waals surface area contributed by atoms with E-state index >= 15 is 0 Å². The van der Waals surface area contributed by atoms with Crippen LogP contribution in [-0.2, 0) is 31.7 Å². The van der Waals surface area contributed by atoms with Crippen molar-refractivity contribution in [2.75, 3.05) is 5.75 Å². The molecule has 0 unspecified atom stereocenters. The molecule has 0 saturated heterocycles. The van der Waals surface area contributed by atoms with E-state index in [0.29, 0.717) is 0 Å². The van der Waals surface area contributed by atoms with Crippen molar-refractivity contribution in [2.45, 2.75) is 4.90 Å². The van der Waals surface area contributed by atoms with Gasteiger partial charge in [-0.2, -0.15) is 0 Å². The van der Waals surface area contributed by atoms with Crippen LogP contribution in [0.25, 0.3) is 0 Å². The quantitative estimate of drug-likeness (QED) is 0.801. The zero-order valence-corrected chi connectivity index (χ0v) is 8.95. The van der Waals surface area contributed by atoms with Crippen LogP contribution in [0.15, 0.2) is 35.2 Å². The van der Waals surface area contributed by atoms with Gasteiger partial charge in [-0.1, -0.05) is 18.2 Å². The molecule has 0 amide bonds. The molecule has 78 valence electrons. The zero-order chi connectivity index (χ0) is 9.90. The molecule has 1 aromatic rings. The van der Waals surface area contributed by atoms with Crippen molar-refractivity contribution in [1.29, 1.82) is 0 Å². The Morgan fingerprint density at radius 1 is 1.21 bits per heavy atom. The van der Waals surface area contributed by atoms with Gasteiger partial charge in [0.1, 0.15) is 0 Å². The van der Waals surface area contributed by atoms with Crippen LogP contribution in [0.1, 0.15) is 0 Å². The summed E-state index contributed by atoms with van der Waals surface area (Å²) in [6.45, 7) is 0. The summed E-state index contributed by atoms with van der Waals surface area (Å²) in [5.74, 6) is -2.21. The third kappa shape index (κ3) is 3.49. The number of rotatable bonds is 3. The monoisotopic (exact) mass is 256 g/mol. The molecule has 0 bridgehead atoms. The van der Waals surface area contributed by atoms with E-state index in [4.69, 9.17) is 5.11 Å². The molecule has 4 nitrogen and oxygen atoms in total. The summed E-state index contributed by atoms with van der Waals surface area (Å²) in [7, 11) is -3.66. The maximum absolute atomic E-state index is 11.3. The van der Waals surface area contributed by atoms with Crippen LogP contribution in [0.2, 0.25) is 0 Å². The van der Waals surface area contributed by atoms with Crippen LogP contribution in [0.5, 0.6) is 0 Å². The van der Waals surface area contributed by atoms with Gasteiger partial charge in [-0.05, 0) is 12.1 Å². The average Bonchev–Trinajstić information content (AvgIpc) is 2.04. The minimum absolute atomic E-state index is 0. The van der Waals surface area contributed by atoms with Crippen LogP contribution in [-0.4, -0.2) is 25.2 Å². The first-order valence-electron chi connectivity index (χ1n) is 3.52. The van der Waals surface area contributed by atoms with E-state index in [1.807, 2.05) is 0 Å². The number of sulfone groups is 1. The van der Waals surface area contributed by atoms with Gasteiger partial charge in [0.05, 0.1) is 4.90 Å². The van der Waals surface area contributed by atoms with Crippen molar-refractivity contribution in [3.8, 4) is 0 Å². The van der Waals surface area contributed by atoms with Gasteiger partial charge < -0.3 is 5.11 Å². The second-order valence-electron chi connectivity index (χ2n) is 2.47. The minimum atomic E-state index is -3.66. The Labute approximate surface area is 92.3 Å². The molecular weight excluding hydrogens is 248 g/mol. The van der Waals surface area contributed by atoms with Crippen molar-refractivity contribution in [2.24, 2.45) is 0 Å². The van der Waals surface area contributed by atoms with Crippen molar-refractivity contribution in [3.05, 3.63) is 30.3 Å². The summed E-state index contributed by atoms with van der Waals surface area (Å²) >= 11 is 0. The van der Waals surface area contributed by atoms with Crippen molar-refractivity contribution >= 4 is 15.8 Å². The number of carboxylic acids is 1. The van der Waals surface area contributed by atoms with E-state index in [1.165, 1.54) is 12.1 Å². The predicted molar refractivity (Wildman–Crippen MR) is 46.1 cm³/mol. The third-order valence-electron chi connectivity index (χ3n) is 1.42. The van der Waals surface area contributed by atoms with Gasteiger partial charge in [0.2, 0.25) is 0 Å². The normalized spacial score (nSPS) is 10.3. The first-order valence-corrected chi connectivity index (χ1v) is 5.17. The second kappa shape index (κ2) is 5.14. The van der Waals surface area contributed by atoms with Crippen LogP contribution < -0.4 is 0 Å². The third-order valence-corrected chi connectivity index (χ3v) is 3.03. The van der Waals surface area contributed by atoms with Gasteiger partial charge in [-0.3, -0.25) is 4.79 Å². The summed E-state index contributed by atoms with van der Waals surface area (Å²) in [5, 5.41) is 8.33. The van der Waals surface area contributed by atoms with E-state index < -0.39 is 21.6 Å². The summed E-state index contributed by atoms with van der Waals surface area (Å²) in [6.07, 6.45) is 0. The Balaban J connectivity index is 0.00000169. The zero-order valence-electron chi connectivity index (χ0n) is 7.03. The molecule has 0 fully saturated rings. The second-order valence-corrected chi connectivity index (χ2v) is 4.46. The number of carboxylic acid groups (broad SMARTS) is 1. The van der Waals surface area contributed by atoms with Gasteiger partial charge in [-0.15, -0.1) is 0 Å². The fourth-order valence-electron chi connectivity index (χ4n) is 0.874. The molecule has 0 aliphatic carbocycles. The smallest absolute Gasteiger partial charge is 0.319 e. The number of aliphatic carboxylic acids is 1. The van der Waals surface area contributed by atoms with Gasteiger partial charge in [0.15, 0.2) is 15.6 Å². The van der Waals surface area contributed by atoms with Crippen molar-refractivity contribution in [3.63, 3.8) is 0 Å². The fraction of sp³-hybridized carbons (Fsp3) is 0.125. The molecular formula is C8H8FeO4S. The standard InChI is InChI=1S/C8H8O4S.Fe/c9-8(10)6-13(11,12)7-4-2-1-3-5-7;/h1-5H,6H2,(H,9,10);. The van der Waals surface area contributed by atoms with Gasteiger partial charge in [0, 0.05) is 17.1 Å². The number of carbonyl (C=O) groups is 1. The molecule has 0 aliphatic heterocycles. The van der Waals surface area contributed by atoms with Crippen LogP contribution in [0, 0.1) is 0 Å². The van der Waals surface area contributed by atoms with E-state index in [0.717, 1.165) is 0 Å². The molecule has 1 N–H and O–H groups in total. The summed E-state index contributed by atoms with van der Waals surface area (Å²) in [4.78, 5) is 10.2. The minimum Gasteiger partial charge on any atom is -0.480 e. The van der Waals surface area contributed by atoms with E-state index in [-0.39, 0.29) is 22.0 Å². The van der Waals surface area contributed by atoms with Gasteiger partial charge in [0.25, 0.3) is 0 Å². The van der Waals surface area contributed by atoms with E-state index in [1.54, 1.807) is 18.2 Å². The maximum Gasteiger partial charge on any atom is 0.319 e. The maximum atomic E-state index is 11.3. The average molecular weight is 256 g/mol. The molecule has 1 rings (SSSR count). The molecule has 0 saturated carbocycles. The number of benzene rings is 1. The Hall–Kier alpha value is -0.841. The molecule has 0 spiro atoms. The van der Waals surface area contributed by atoms with Crippen molar-refractivity contribution in [1.82, 2.24) is 0 Å². The first kappa shape index (κ1) is 13.2. The molecule has 0 heterocycles. The predicted octanol–water partition coefficient (Wildman–Crippen LogP) is 0.542. The topological polar surface area (TPSA) is 71.4 Å². The molecule has 0 aliphatic rings. The molecule has 6 heteroatoms. The van der Waals surface area contributed by atoms with Gasteiger partial charge in [-0.25, -0.2) is 8.42 Å².